The van der Waals surface area contributed by atoms with Gasteiger partial charge in [-0.2, -0.15) is 11.1 Å². The molecule has 0 amide bonds. The average molecular weight is 398 g/mol. The van der Waals surface area contributed by atoms with Crippen molar-refractivity contribution in [1.82, 2.24) is 0 Å². The van der Waals surface area contributed by atoms with E-state index in [-0.39, 0.29) is 22.9 Å². The number of allylic oxidation sites excluding steroid dienone is 1. The summed E-state index contributed by atoms with van der Waals surface area (Å²) in [6.45, 7) is 4.40. The Kier molecular flexibility index (Phi) is 4.77. The lowest BCUT2D eigenvalue weighted by atomic mass is 9.98. The summed E-state index contributed by atoms with van der Waals surface area (Å²) < 4.78 is 12.1. The average Bonchev–Trinajstić information content (AvgIpc) is 3.36. The molecule has 2 aliphatic rings. The third-order valence-corrected chi connectivity index (χ3v) is 6.05. The lowest BCUT2D eigenvalue weighted by molar-refractivity contribution is -0.476. The van der Waals surface area contributed by atoms with Crippen molar-refractivity contribution in [3.05, 3.63) is 70.8 Å². The van der Waals surface area contributed by atoms with Crippen molar-refractivity contribution in [3.63, 3.8) is 0 Å². The first-order valence-corrected chi connectivity index (χ1v) is 9.67. The minimum absolute atomic E-state index is 0.0482. The molecule has 2 atom stereocenters. The van der Waals surface area contributed by atoms with E-state index in [1.807, 2.05) is 60.5 Å². The second-order valence-corrected chi connectivity index (χ2v) is 7.99. The molecule has 0 N–H and O–H groups in total. The van der Waals surface area contributed by atoms with Gasteiger partial charge in [-0.1, -0.05) is 13.8 Å². The lowest BCUT2D eigenvalue weighted by Crippen LogP contribution is -2.28. The zero-order valence-electron chi connectivity index (χ0n) is 17.4. The Morgan fingerprint density at radius 1 is 0.967 bits per heavy atom. The van der Waals surface area contributed by atoms with E-state index >= 15 is 0 Å². The number of ether oxygens (including phenoxy) is 2. The molecular formula is C24H22N4O2. The third-order valence-electron chi connectivity index (χ3n) is 6.05. The van der Waals surface area contributed by atoms with Crippen LogP contribution in [0.1, 0.15) is 25.0 Å². The molecule has 1 fully saturated rings. The molecule has 2 aromatic carbocycles. The van der Waals surface area contributed by atoms with Crippen molar-refractivity contribution in [2.75, 3.05) is 14.2 Å². The van der Waals surface area contributed by atoms with Crippen LogP contribution < -0.4 is 9.47 Å². The van der Waals surface area contributed by atoms with E-state index in [0.29, 0.717) is 0 Å². The van der Waals surface area contributed by atoms with E-state index in [4.69, 9.17) is 14.6 Å². The molecule has 6 heteroatoms. The summed E-state index contributed by atoms with van der Waals surface area (Å²) in [4.78, 5) is 0. The summed E-state index contributed by atoms with van der Waals surface area (Å²) in [5.41, 5.74) is 3.55. The molecule has 0 bridgehead atoms. The summed E-state index contributed by atoms with van der Waals surface area (Å²) in [6, 6.07) is 17.4. The Bertz CT molecular complexity index is 1150. The highest BCUT2D eigenvalue weighted by atomic mass is 16.5. The van der Waals surface area contributed by atoms with Gasteiger partial charge < -0.3 is 14.9 Å². The number of nitrogens with zero attached hydrogens (tertiary/aromatic N) is 4. The monoisotopic (exact) mass is 398 g/mol. The highest BCUT2D eigenvalue weighted by Crippen LogP contribution is 2.62. The molecular weight excluding hydrogens is 376 g/mol. The zero-order chi connectivity index (χ0) is 21.5. The van der Waals surface area contributed by atoms with E-state index < -0.39 is 0 Å². The van der Waals surface area contributed by atoms with Gasteiger partial charge in [0.05, 0.1) is 20.1 Å². The van der Waals surface area contributed by atoms with Crippen molar-refractivity contribution in [3.8, 4) is 17.6 Å². The first kappa shape index (κ1) is 19.6. The second kappa shape index (κ2) is 7.29. The number of rotatable bonds is 5. The second-order valence-electron chi connectivity index (χ2n) is 7.99. The maximum absolute atomic E-state index is 9.61. The number of benzene rings is 2. The minimum Gasteiger partial charge on any atom is -0.757 e. The number of hydrogen-bond acceptors (Lipinski definition) is 4. The van der Waals surface area contributed by atoms with Crippen molar-refractivity contribution in [1.29, 1.82) is 5.26 Å². The number of nitriles is 1. The van der Waals surface area contributed by atoms with Crippen LogP contribution in [-0.4, -0.2) is 36.2 Å². The molecule has 1 aliphatic carbocycles. The molecule has 0 saturated heterocycles. The van der Waals surface area contributed by atoms with Crippen molar-refractivity contribution in [2.24, 2.45) is 22.4 Å². The fourth-order valence-corrected chi connectivity index (χ4v) is 4.37. The van der Waals surface area contributed by atoms with Crippen molar-refractivity contribution < 1.29 is 14.2 Å². The SMILES string of the molecule is COc1ccc(C2=N[N+](C(=C=[N-])C#N)=C(c3ccc(OC)cc3)[C@@H]3[C@H]2C3(C)C)cc1. The Balaban J connectivity index is 1.93. The maximum Gasteiger partial charge on any atom is 0.335 e. The van der Waals surface area contributed by atoms with E-state index in [9.17, 15) is 10.7 Å². The van der Waals surface area contributed by atoms with Crippen LogP contribution in [0, 0.1) is 28.6 Å². The number of fused-ring (bicyclic) bond motifs is 1. The van der Waals surface area contributed by atoms with Gasteiger partial charge in [-0.3, -0.25) is 0 Å². The highest BCUT2D eigenvalue weighted by Gasteiger charge is 2.68. The van der Waals surface area contributed by atoms with Gasteiger partial charge in [-0.05, 0) is 58.6 Å². The molecule has 2 aromatic rings. The fourth-order valence-electron chi connectivity index (χ4n) is 4.37. The van der Waals surface area contributed by atoms with E-state index in [2.05, 4.69) is 13.8 Å². The van der Waals surface area contributed by atoms with Crippen molar-refractivity contribution in [2.45, 2.75) is 13.8 Å². The van der Waals surface area contributed by atoms with Crippen LogP contribution in [0.25, 0.3) is 5.41 Å². The molecule has 0 aromatic heterocycles. The van der Waals surface area contributed by atoms with Crippen LogP contribution in [0.4, 0.5) is 0 Å². The highest BCUT2D eigenvalue weighted by molar-refractivity contribution is 6.13. The first-order chi connectivity index (χ1) is 14.5. The van der Waals surface area contributed by atoms with Crippen molar-refractivity contribution >= 4 is 17.3 Å². The molecule has 1 saturated carbocycles. The Hall–Kier alpha value is -3.68. The predicted octanol–water partition coefficient (Wildman–Crippen LogP) is 3.84. The normalized spacial score (nSPS) is 21.0. The fraction of sp³-hybridized carbons (Fsp3) is 0.292. The predicted molar refractivity (Wildman–Crippen MR) is 115 cm³/mol. The maximum atomic E-state index is 9.61. The molecule has 0 unspecified atom stereocenters. The van der Waals surface area contributed by atoms with Gasteiger partial charge in [0.25, 0.3) is 0 Å². The molecule has 0 spiro atoms. The van der Waals surface area contributed by atoms with Crippen LogP contribution in [0.3, 0.4) is 0 Å². The van der Waals surface area contributed by atoms with Gasteiger partial charge in [-0.15, -0.1) is 0 Å². The van der Waals surface area contributed by atoms with Crippen LogP contribution >= 0.6 is 0 Å². The summed E-state index contributed by atoms with van der Waals surface area (Å²) in [5.74, 6) is 3.86. The Morgan fingerprint density at radius 2 is 1.50 bits per heavy atom. The molecule has 150 valence electrons. The van der Waals surface area contributed by atoms with Gasteiger partial charge >= 0.3 is 5.70 Å². The smallest absolute Gasteiger partial charge is 0.335 e. The number of hydrazone groups is 1. The van der Waals surface area contributed by atoms with Crippen LogP contribution in [0.15, 0.2) is 59.3 Å². The third kappa shape index (κ3) is 3.01. The first-order valence-electron chi connectivity index (χ1n) is 9.67. The molecule has 4 rings (SSSR count). The Labute approximate surface area is 175 Å². The molecule has 1 aliphatic heterocycles. The van der Waals surface area contributed by atoms with Crippen LogP contribution in [0.5, 0.6) is 11.5 Å². The number of hydrogen-bond donors (Lipinski definition) is 0. The van der Waals surface area contributed by atoms with Gasteiger partial charge in [0, 0.05) is 22.1 Å². The minimum atomic E-state index is -0.0568. The molecule has 1 heterocycles. The topological polar surface area (TPSA) is 79.9 Å². The Morgan fingerprint density at radius 3 is 1.97 bits per heavy atom. The van der Waals surface area contributed by atoms with E-state index in [1.54, 1.807) is 14.2 Å². The van der Waals surface area contributed by atoms with Gasteiger partial charge in [0.1, 0.15) is 17.2 Å². The van der Waals surface area contributed by atoms with Gasteiger partial charge in [0.2, 0.25) is 5.71 Å². The van der Waals surface area contributed by atoms with E-state index in [0.717, 1.165) is 34.0 Å². The standard InChI is InChI=1S/C24H22N4O2/c1-24(2)20-21(24)23(16-7-11-19(30-4)12-8-16)28(17(13-25)14-26)27-22(20)15-5-9-18(29-3)10-6-15/h5-12,20-21H,1-4H3/t20-,21+/m1/s1. The lowest BCUT2D eigenvalue weighted by Gasteiger charge is -2.12. The summed E-state index contributed by atoms with van der Waals surface area (Å²) in [7, 11) is 3.25. The van der Waals surface area contributed by atoms with E-state index in [1.165, 1.54) is 4.68 Å². The molecule has 6 nitrogen and oxygen atoms in total. The summed E-state index contributed by atoms with van der Waals surface area (Å²) >= 11 is 0. The molecule has 30 heavy (non-hydrogen) atoms. The van der Waals surface area contributed by atoms with Gasteiger partial charge in [0.15, 0.2) is 6.07 Å². The number of methoxy groups -OCH3 is 2. The zero-order valence-corrected chi connectivity index (χ0v) is 17.4. The van der Waals surface area contributed by atoms with Gasteiger partial charge in [-0.25, -0.2) is 0 Å². The molecule has 0 radical (unpaired) electrons. The summed E-state index contributed by atoms with van der Waals surface area (Å²) in [5, 5.41) is 24.0. The summed E-state index contributed by atoms with van der Waals surface area (Å²) in [6.07, 6.45) is 0. The van der Waals surface area contributed by atoms with Crippen LogP contribution in [-0.2, 0) is 0 Å². The quantitative estimate of drug-likeness (QED) is 0.436. The van der Waals surface area contributed by atoms with Crippen LogP contribution in [0.2, 0.25) is 0 Å². The largest absolute Gasteiger partial charge is 0.757 e.